The van der Waals surface area contributed by atoms with E-state index in [0.29, 0.717) is 11.5 Å². The van der Waals surface area contributed by atoms with Gasteiger partial charge in [0.25, 0.3) is 5.91 Å². The quantitative estimate of drug-likeness (QED) is 0.740. The number of H-pyrrole nitrogens is 1. The second-order valence-electron chi connectivity index (χ2n) is 4.73. The Balaban J connectivity index is 2.10. The first-order chi connectivity index (χ1) is 8.77. The number of pyridine rings is 1. The summed E-state index contributed by atoms with van der Waals surface area (Å²) in [6, 6.07) is 1.97. The molecule has 4 N–H and O–H groups in total. The second kappa shape index (κ2) is 4.42. The lowest BCUT2D eigenvalue weighted by Crippen LogP contribution is -2.29. The summed E-state index contributed by atoms with van der Waals surface area (Å²) in [5.41, 5.74) is 7.68. The lowest BCUT2D eigenvalue weighted by atomic mass is 9.93. The number of nitrogens with one attached hydrogen (secondary N) is 2. The second-order valence-corrected chi connectivity index (χ2v) is 4.73. The smallest absolute Gasteiger partial charge is 0.252 e. The molecular formula is C13H16N4O. The van der Waals surface area contributed by atoms with Crippen molar-refractivity contribution >= 4 is 16.8 Å². The van der Waals surface area contributed by atoms with Gasteiger partial charge in [-0.15, -0.1) is 0 Å². The lowest BCUT2D eigenvalue weighted by molar-refractivity contribution is 0.100. The third-order valence-electron chi connectivity index (χ3n) is 3.57. The van der Waals surface area contributed by atoms with Crippen molar-refractivity contribution in [1.29, 1.82) is 0 Å². The minimum absolute atomic E-state index is 0.416. The van der Waals surface area contributed by atoms with Crippen LogP contribution in [0.1, 0.15) is 34.8 Å². The standard InChI is InChI=1S/C13H16N4O/c14-13(18)10-7-17-11(8-2-1-4-15-6-8)9-3-5-16-12(9)10/h3,5,7-8,15-16H,1-2,4,6H2,(H2,14,18)/t8-/m0/s1. The van der Waals surface area contributed by atoms with E-state index in [2.05, 4.69) is 15.3 Å². The van der Waals surface area contributed by atoms with E-state index in [-0.39, 0.29) is 0 Å². The Hall–Kier alpha value is -1.88. The van der Waals surface area contributed by atoms with Crippen LogP contribution in [0.15, 0.2) is 18.5 Å². The molecule has 1 amide bonds. The first kappa shape index (κ1) is 11.2. The van der Waals surface area contributed by atoms with Gasteiger partial charge >= 0.3 is 0 Å². The Kier molecular flexibility index (Phi) is 2.76. The van der Waals surface area contributed by atoms with Crippen LogP contribution in [0.5, 0.6) is 0 Å². The van der Waals surface area contributed by atoms with Crippen LogP contribution in [0.4, 0.5) is 0 Å². The molecule has 0 saturated carbocycles. The number of nitrogens with two attached hydrogens (primary N) is 1. The van der Waals surface area contributed by atoms with Gasteiger partial charge in [0.2, 0.25) is 0 Å². The minimum Gasteiger partial charge on any atom is -0.365 e. The Morgan fingerprint density at radius 1 is 1.50 bits per heavy atom. The van der Waals surface area contributed by atoms with Crippen molar-refractivity contribution < 1.29 is 4.79 Å². The summed E-state index contributed by atoms with van der Waals surface area (Å²) in [6.45, 7) is 2.02. The number of rotatable bonds is 2. The van der Waals surface area contributed by atoms with Crippen molar-refractivity contribution in [3.63, 3.8) is 0 Å². The molecule has 3 rings (SSSR count). The van der Waals surface area contributed by atoms with Crippen molar-refractivity contribution in [1.82, 2.24) is 15.3 Å². The van der Waals surface area contributed by atoms with Gasteiger partial charge in [-0.3, -0.25) is 9.78 Å². The molecule has 5 heteroatoms. The molecule has 0 bridgehead atoms. The van der Waals surface area contributed by atoms with Crippen LogP contribution in [0.25, 0.3) is 10.9 Å². The molecule has 0 aliphatic carbocycles. The van der Waals surface area contributed by atoms with Gasteiger partial charge in [0.05, 0.1) is 16.8 Å². The van der Waals surface area contributed by atoms with Gasteiger partial charge in [0, 0.05) is 30.2 Å². The molecule has 3 heterocycles. The topological polar surface area (TPSA) is 83.8 Å². The van der Waals surface area contributed by atoms with Gasteiger partial charge < -0.3 is 16.0 Å². The zero-order chi connectivity index (χ0) is 12.5. The SMILES string of the molecule is NC(=O)c1cnc([C@H]2CCCNC2)c2cc[nH]c12. The van der Waals surface area contributed by atoms with E-state index in [9.17, 15) is 4.79 Å². The highest BCUT2D eigenvalue weighted by Gasteiger charge is 2.21. The molecule has 1 atom stereocenters. The summed E-state index contributed by atoms with van der Waals surface area (Å²) in [5, 5.41) is 4.40. The van der Waals surface area contributed by atoms with Crippen molar-refractivity contribution in [2.24, 2.45) is 5.73 Å². The summed E-state index contributed by atoms with van der Waals surface area (Å²) in [5.74, 6) is -0.0257. The number of piperidine rings is 1. The number of aromatic nitrogens is 2. The van der Waals surface area contributed by atoms with Crippen molar-refractivity contribution in [3.05, 3.63) is 29.7 Å². The molecule has 0 radical (unpaired) electrons. The predicted molar refractivity (Wildman–Crippen MR) is 69.5 cm³/mol. The fourth-order valence-corrected chi connectivity index (χ4v) is 2.67. The Labute approximate surface area is 105 Å². The molecule has 18 heavy (non-hydrogen) atoms. The summed E-state index contributed by atoms with van der Waals surface area (Å²) < 4.78 is 0. The molecule has 1 fully saturated rings. The van der Waals surface area contributed by atoms with Crippen LogP contribution in [0, 0.1) is 0 Å². The monoisotopic (exact) mass is 244 g/mol. The van der Waals surface area contributed by atoms with Gasteiger partial charge in [0.1, 0.15) is 0 Å². The lowest BCUT2D eigenvalue weighted by Gasteiger charge is -2.23. The number of aromatic amines is 1. The van der Waals surface area contributed by atoms with E-state index >= 15 is 0 Å². The van der Waals surface area contributed by atoms with Gasteiger partial charge in [-0.1, -0.05) is 0 Å². The number of carbonyl (C=O) groups excluding carboxylic acids is 1. The van der Waals surface area contributed by atoms with Gasteiger partial charge in [-0.05, 0) is 25.5 Å². The van der Waals surface area contributed by atoms with Crippen LogP contribution in [0.2, 0.25) is 0 Å². The molecular weight excluding hydrogens is 228 g/mol. The number of amides is 1. The Morgan fingerprint density at radius 2 is 2.39 bits per heavy atom. The maximum atomic E-state index is 11.4. The molecule has 1 aliphatic heterocycles. The number of fused-ring (bicyclic) bond motifs is 1. The molecule has 0 unspecified atom stereocenters. The van der Waals surface area contributed by atoms with Crippen molar-refractivity contribution in [2.45, 2.75) is 18.8 Å². The Bertz CT molecular complexity index is 584. The first-order valence-electron chi connectivity index (χ1n) is 6.24. The molecule has 0 aromatic carbocycles. The number of hydrogen-bond acceptors (Lipinski definition) is 3. The number of carbonyl (C=O) groups is 1. The van der Waals surface area contributed by atoms with Gasteiger partial charge in [-0.25, -0.2) is 0 Å². The van der Waals surface area contributed by atoms with E-state index in [4.69, 9.17) is 5.73 Å². The van der Waals surface area contributed by atoms with Gasteiger partial charge in [0.15, 0.2) is 0 Å². The van der Waals surface area contributed by atoms with E-state index in [0.717, 1.165) is 42.5 Å². The highest BCUT2D eigenvalue weighted by atomic mass is 16.1. The van der Waals surface area contributed by atoms with Crippen molar-refractivity contribution in [2.75, 3.05) is 13.1 Å². The third-order valence-corrected chi connectivity index (χ3v) is 3.57. The summed E-state index contributed by atoms with van der Waals surface area (Å²) in [7, 11) is 0. The number of nitrogens with zero attached hydrogens (tertiary/aromatic N) is 1. The van der Waals surface area contributed by atoms with Crippen LogP contribution >= 0.6 is 0 Å². The maximum Gasteiger partial charge on any atom is 0.252 e. The number of primary amides is 1. The molecule has 94 valence electrons. The minimum atomic E-state index is -0.441. The molecule has 2 aromatic heterocycles. The van der Waals surface area contributed by atoms with E-state index in [1.165, 1.54) is 0 Å². The average molecular weight is 244 g/mol. The highest BCUT2D eigenvalue weighted by molar-refractivity contribution is 6.05. The summed E-state index contributed by atoms with van der Waals surface area (Å²) in [6.07, 6.45) is 5.72. The molecule has 0 spiro atoms. The predicted octanol–water partition coefficient (Wildman–Crippen LogP) is 1.13. The fourth-order valence-electron chi connectivity index (χ4n) is 2.67. The molecule has 2 aromatic rings. The Morgan fingerprint density at radius 3 is 3.11 bits per heavy atom. The zero-order valence-electron chi connectivity index (χ0n) is 10.1. The van der Waals surface area contributed by atoms with Crippen LogP contribution in [-0.4, -0.2) is 29.0 Å². The average Bonchev–Trinajstić information content (AvgIpc) is 2.87. The van der Waals surface area contributed by atoms with E-state index < -0.39 is 5.91 Å². The van der Waals surface area contributed by atoms with Gasteiger partial charge in [-0.2, -0.15) is 0 Å². The van der Waals surface area contributed by atoms with Crippen LogP contribution in [-0.2, 0) is 0 Å². The maximum absolute atomic E-state index is 11.4. The van der Waals surface area contributed by atoms with Crippen molar-refractivity contribution in [3.8, 4) is 0 Å². The zero-order valence-corrected chi connectivity index (χ0v) is 10.1. The summed E-state index contributed by atoms with van der Waals surface area (Å²) >= 11 is 0. The fraction of sp³-hybridized carbons (Fsp3) is 0.385. The van der Waals surface area contributed by atoms with Crippen LogP contribution < -0.4 is 11.1 Å². The first-order valence-corrected chi connectivity index (χ1v) is 6.24. The van der Waals surface area contributed by atoms with Crippen LogP contribution in [0.3, 0.4) is 0 Å². The van der Waals surface area contributed by atoms with E-state index in [1.54, 1.807) is 6.20 Å². The largest absolute Gasteiger partial charge is 0.365 e. The molecule has 1 saturated heterocycles. The summed E-state index contributed by atoms with van der Waals surface area (Å²) in [4.78, 5) is 18.9. The normalized spacial score (nSPS) is 20.1. The molecule has 1 aliphatic rings. The highest BCUT2D eigenvalue weighted by Crippen LogP contribution is 2.29. The van der Waals surface area contributed by atoms with E-state index in [1.807, 2.05) is 12.3 Å². The molecule has 5 nitrogen and oxygen atoms in total. The third kappa shape index (κ3) is 1.76. The number of hydrogen-bond donors (Lipinski definition) is 3.